The minimum absolute atomic E-state index is 0.482. The predicted octanol–water partition coefficient (Wildman–Crippen LogP) is 5.04. The molecule has 3 aromatic rings. The van der Waals surface area contributed by atoms with E-state index in [1.807, 2.05) is 16.7 Å². The Hall–Kier alpha value is -2.44. The summed E-state index contributed by atoms with van der Waals surface area (Å²) < 4.78 is 27.0. The topological polar surface area (TPSA) is 67.4 Å². The molecule has 3 rings (SSSR count). The fourth-order valence-corrected chi connectivity index (χ4v) is 3.76. The Labute approximate surface area is 163 Å². The van der Waals surface area contributed by atoms with Crippen molar-refractivity contribution in [2.75, 3.05) is 5.75 Å². The van der Waals surface area contributed by atoms with Crippen molar-refractivity contribution in [2.45, 2.75) is 28.7 Å². The number of hydrogen-bond acceptors (Lipinski definition) is 6. The molecule has 0 spiro atoms. The summed E-state index contributed by atoms with van der Waals surface area (Å²) in [5.41, 5.74) is 1.58. The van der Waals surface area contributed by atoms with Crippen LogP contribution in [0.25, 0.3) is 17.1 Å². The van der Waals surface area contributed by atoms with E-state index in [-0.39, 0.29) is 0 Å². The van der Waals surface area contributed by atoms with Crippen LogP contribution in [0.5, 0.6) is 0 Å². The predicted molar refractivity (Wildman–Crippen MR) is 102 cm³/mol. The zero-order chi connectivity index (χ0) is 19.1. The van der Waals surface area contributed by atoms with Crippen LogP contribution < -0.4 is 0 Å². The minimum Gasteiger partial charge on any atom is -0.270 e. The summed E-state index contributed by atoms with van der Waals surface area (Å²) >= 11 is 2.01. The van der Waals surface area contributed by atoms with Gasteiger partial charge in [-0.1, -0.05) is 23.5 Å². The lowest BCUT2D eigenvalue weighted by Crippen LogP contribution is -2.00. The molecule has 0 saturated carbocycles. The van der Waals surface area contributed by atoms with Gasteiger partial charge < -0.3 is 0 Å². The van der Waals surface area contributed by atoms with Gasteiger partial charge in [-0.15, -0.1) is 10.2 Å². The smallest absolute Gasteiger partial charge is 0.270 e. The summed E-state index contributed by atoms with van der Waals surface area (Å²) in [6, 6.07) is 12.7. The normalized spacial score (nSPS) is 10.9. The average molecular weight is 403 g/mol. The summed E-state index contributed by atoms with van der Waals surface area (Å²) in [7, 11) is 0. The maximum Gasteiger partial charge on any atom is 0.288 e. The maximum absolute atomic E-state index is 12.6. The first-order valence-electron chi connectivity index (χ1n) is 8.10. The van der Waals surface area contributed by atoms with Gasteiger partial charge in [-0.3, -0.25) is 9.55 Å². The minimum atomic E-state index is -2.46. The van der Waals surface area contributed by atoms with E-state index < -0.39 is 5.76 Å². The highest BCUT2D eigenvalue weighted by Crippen LogP contribution is 2.30. The van der Waals surface area contributed by atoms with Gasteiger partial charge in [0, 0.05) is 40.7 Å². The number of aromatic nitrogens is 4. The molecule has 0 unspecified atom stereocenters. The Bertz CT molecular complexity index is 908. The summed E-state index contributed by atoms with van der Waals surface area (Å²) in [5, 5.41) is 17.9. The third kappa shape index (κ3) is 5.05. The molecule has 0 N–H and O–H groups in total. The Morgan fingerprint density at radius 2 is 1.96 bits per heavy atom. The van der Waals surface area contributed by atoms with Gasteiger partial charge in [0.1, 0.15) is 0 Å². The Kier molecular flexibility index (Phi) is 6.79. The Morgan fingerprint density at radius 1 is 1.15 bits per heavy atom. The van der Waals surface area contributed by atoms with Gasteiger partial charge >= 0.3 is 0 Å². The second-order valence-corrected chi connectivity index (χ2v) is 7.49. The van der Waals surface area contributed by atoms with E-state index in [2.05, 4.69) is 21.3 Å². The van der Waals surface area contributed by atoms with Gasteiger partial charge in [0.2, 0.25) is 0 Å². The number of thioether (sulfide) groups is 2. The van der Waals surface area contributed by atoms with Crippen LogP contribution in [0.15, 0.2) is 58.8 Å². The molecule has 9 heteroatoms. The van der Waals surface area contributed by atoms with Crippen molar-refractivity contribution in [1.29, 1.82) is 5.26 Å². The quantitative estimate of drug-likeness (QED) is 0.388. The van der Waals surface area contributed by atoms with Gasteiger partial charge in [0.25, 0.3) is 5.76 Å². The number of nitriles is 1. The van der Waals surface area contributed by atoms with Crippen LogP contribution in [-0.2, 0) is 0 Å². The third-order valence-electron chi connectivity index (χ3n) is 3.54. The fourth-order valence-electron chi connectivity index (χ4n) is 2.37. The van der Waals surface area contributed by atoms with E-state index in [1.165, 1.54) is 11.8 Å². The monoisotopic (exact) mass is 403 g/mol. The molecule has 0 aliphatic carbocycles. The summed E-state index contributed by atoms with van der Waals surface area (Å²) in [6.45, 7) is 0. The van der Waals surface area contributed by atoms with Crippen LogP contribution >= 0.6 is 23.5 Å². The van der Waals surface area contributed by atoms with Gasteiger partial charge in [-0.2, -0.15) is 14.0 Å². The van der Waals surface area contributed by atoms with Crippen molar-refractivity contribution in [2.24, 2.45) is 0 Å². The number of alkyl halides is 2. The van der Waals surface area contributed by atoms with Crippen LogP contribution in [0, 0.1) is 11.3 Å². The van der Waals surface area contributed by atoms with Gasteiger partial charge in [0.05, 0.1) is 6.07 Å². The largest absolute Gasteiger partial charge is 0.288 e. The number of pyridine rings is 1. The second-order valence-electron chi connectivity index (χ2n) is 5.37. The SMILES string of the molecule is N#CCCCSc1nnc(-c2cccnc2)n1-c1ccc(SC(F)F)cc1. The first kappa shape index (κ1) is 19.3. The Balaban J connectivity index is 1.94. The number of benzene rings is 1. The molecule has 5 nitrogen and oxygen atoms in total. The van der Waals surface area contributed by atoms with E-state index in [1.54, 1.807) is 36.7 Å². The molecular formula is C18H15F2N5S2. The van der Waals surface area contributed by atoms with Gasteiger partial charge in [-0.05, 0) is 42.8 Å². The molecule has 2 heterocycles. The summed E-state index contributed by atoms with van der Waals surface area (Å²) in [5.74, 6) is -1.10. The van der Waals surface area contributed by atoms with Crippen molar-refractivity contribution < 1.29 is 8.78 Å². The standard InChI is InChI=1S/C18H15F2N5S2/c19-17(20)27-15-7-5-14(6-8-15)25-16(13-4-3-10-22-12-13)23-24-18(25)26-11-2-1-9-21/h3-8,10,12,17H,1-2,11H2. The molecule has 0 radical (unpaired) electrons. The zero-order valence-corrected chi connectivity index (χ0v) is 15.8. The third-order valence-corrected chi connectivity index (χ3v) is 5.27. The lowest BCUT2D eigenvalue weighted by atomic mass is 10.2. The fraction of sp³-hybridized carbons (Fsp3) is 0.222. The second kappa shape index (κ2) is 9.48. The van der Waals surface area contributed by atoms with Crippen LogP contribution in [0.2, 0.25) is 0 Å². The summed E-state index contributed by atoms with van der Waals surface area (Å²) in [6.07, 6.45) is 4.61. The molecular weight excluding hydrogens is 388 g/mol. The van der Waals surface area contributed by atoms with Crippen LogP contribution in [-0.4, -0.2) is 31.3 Å². The molecule has 0 fully saturated rings. The van der Waals surface area contributed by atoms with Crippen molar-refractivity contribution in [3.8, 4) is 23.1 Å². The number of rotatable bonds is 8. The molecule has 0 saturated heterocycles. The highest BCUT2D eigenvalue weighted by Gasteiger charge is 2.16. The highest BCUT2D eigenvalue weighted by molar-refractivity contribution is 7.99. The van der Waals surface area contributed by atoms with Crippen LogP contribution in [0.1, 0.15) is 12.8 Å². The van der Waals surface area contributed by atoms with Crippen LogP contribution in [0.4, 0.5) is 8.78 Å². The molecule has 0 amide bonds. The molecule has 138 valence electrons. The number of hydrogen-bond donors (Lipinski definition) is 0. The van der Waals surface area contributed by atoms with Crippen molar-refractivity contribution in [1.82, 2.24) is 19.7 Å². The summed E-state index contributed by atoms with van der Waals surface area (Å²) in [4.78, 5) is 4.62. The molecule has 0 bridgehead atoms. The van der Waals surface area contributed by atoms with Gasteiger partial charge in [0.15, 0.2) is 11.0 Å². The highest BCUT2D eigenvalue weighted by atomic mass is 32.2. The maximum atomic E-state index is 12.6. The van der Waals surface area contributed by atoms with E-state index in [0.29, 0.717) is 34.1 Å². The zero-order valence-electron chi connectivity index (χ0n) is 14.1. The van der Waals surface area contributed by atoms with Crippen molar-refractivity contribution in [3.05, 3.63) is 48.8 Å². The average Bonchev–Trinajstić information content (AvgIpc) is 3.10. The van der Waals surface area contributed by atoms with Crippen molar-refractivity contribution >= 4 is 23.5 Å². The molecule has 0 aliphatic heterocycles. The van der Waals surface area contributed by atoms with E-state index >= 15 is 0 Å². The van der Waals surface area contributed by atoms with E-state index in [9.17, 15) is 8.78 Å². The first-order valence-corrected chi connectivity index (χ1v) is 9.96. The molecule has 27 heavy (non-hydrogen) atoms. The number of halogens is 2. The molecule has 1 aromatic carbocycles. The number of nitrogens with zero attached hydrogens (tertiary/aromatic N) is 5. The van der Waals surface area contributed by atoms with E-state index in [0.717, 1.165) is 23.4 Å². The van der Waals surface area contributed by atoms with Crippen molar-refractivity contribution in [3.63, 3.8) is 0 Å². The Morgan fingerprint density at radius 3 is 2.63 bits per heavy atom. The molecule has 0 atom stereocenters. The first-order chi connectivity index (χ1) is 13.2. The van der Waals surface area contributed by atoms with E-state index in [4.69, 9.17) is 5.26 Å². The lowest BCUT2D eigenvalue weighted by molar-refractivity contribution is 0.252. The van der Waals surface area contributed by atoms with Gasteiger partial charge in [-0.25, -0.2) is 0 Å². The molecule has 2 aromatic heterocycles. The lowest BCUT2D eigenvalue weighted by Gasteiger charge is -2.11. The van der Waals surface area contributed by atoms with Crippen LogP contribution in [0.3, 0.4) is 0 Å². The molecule has 0 aliphatic rings. The number of unbranched alkanes of at least 4 members (excludes halogenated alkanes) is 1.